The third-order valence-electron chi connectivity index (χ3n) is 4.51. The predicted molar refractivity (Wildman–Crippen MR) is 113 cm³/mol. The molecular weight excluding hydrogens is 432 g/mol. The van der Waals surface area contributed by atoms with Crippen LogP contribution in [0.15, 0.2) is 48.0 Å². The summed E-state index contributed by atoms with van der Waals surface area (Å²) in [7, 11) is -1.30. The zero-order valence-electron chi connectivity index (χ0n) is 16.4. The van der Waals surface area contributed by atoms with Crippen LogP contribution in [0.5, 0.6) is 11.5 Å². The lowest BCUT2D eigenvalue weighted by atomic mass is 10.1. The first-order chi connectivity index (χ1) is 14.2. The van der Waals surface area contributed by atoms with Gasteiger partial charge in [-0.05, 0) is 55.0 Å². The van der Waals surface area contributed by atoms with Crippen LogP contribution in [0, 0.1) is 0 Å². The lowest BCUT2D eigenvalue weighted by molar-refractivity contribution is -0.126. The number of rotatable bonds is 6. The molecule has 0 bridgehead atoms. The molecule has 2 aromatic carbocycles. The summed E-state index contributed by atoms with van der Waals surface area (Å²) in [4.78, 5) is 25.0. The number of carbonyl (C=O) groups excluding carboxylic acids is 2. The lowest BCUT2D eigenvalue weighted by Crippen LogP contribution is -2.38. The fourth-order valence-electron chi connectivity index (χ4n) is 3.06. The van der Waals surface area contributed by atoms with E-state index in [4.69, 9.17) is 21.1 Å². The van der Waals surface area contributed by atoms with Crippen molar-refractivity contribution in [3.8, 4) is 11.5 Å². The minimum atomic E-state index is -4.21. The third kappa shape index (κ3) is 3.99. The van der Waals surface area contributed by atoms with Crippen LogP contribution in [0.2, 0.25) is 5.02 Å². The Morgan fingerprint density at radius 1 is 1.10 bits per heavy atom. The van der Waals surface area contributed by atoms with Gasteiger partial charge >= 0.3 is 0 Å². The minimum absolute atomic E-state index is 0.0355. The zero-order valence-corrected chi connectivity index (χ0v) is 18.0. The van der Waals surface area contributed by atoms with Crippen LogP contribution in [-0.4, -0.2) is 45.3 Å². The number of halogens is 1. The number of hydrogen-bond acceptors (Lipinski definition) is 6. The first-order valence-electron chi connectivity index (χ1n) is 8.74. The first-order valence-corrected chi connectivity index (χ1v) is 10.6. The molecule has 0 fully saturated rings. The van der Waals surface area contributed by atoms with Crippen LogP contribution in [-0.2, 0) is 19.6 Å². The summed E-state index contributed by atoms with van der Waals surface area (Å²) < 4.78 is 36.8. The minimum Gasteiger partial charge on any atom is -0.497 e. The van der Waals surface area contributed by atoms with Crippen molar-refractivity contribution < 1.29 is 27.5 Å². The highest BCUT2D eigenvalue weighted by Gasteiger charge is 2.43. The van der Waals surface area contributed by atoms with E-state index in [1.807, 2.05) is 0 Å². The molecule has 10 heteroatoms. The van der Waals surface area contributed by atoms with E-state index in [9.17, 15) is 18.0 Å². The van der Waals surface area contributed by atoms with Crippen LogP contribution in [0.1, 0.15) is 12.5 Å². The number of amides is 2. The molecule has 1 heterocycles. The second kappa shape index (κ2) is 8.37. The molecule has 1 N–H and O–H groups in total. The lowest BCUT2D eigenvalue weighted by Gasteiger charge is -2.17. The molecule has 3 rings (SSSR count). The summed E-state index contributed by atoms with van der Waals surface area (Å²) in [5.74, 6) is -0.577. The van der Waals surface area contributed by atoms with Gasteiger partial charge in [0, 0.05) is 10.6 Å². The van der Waals surface area contributed by atoms with Gasteiger partial charge in [0.25, 0.3) is 15.9 Å². The van der Waals surface area contributed by atoms with Crippen LogP contribution >= 0.6 is 11.6 Å². The number of sulfonamides is 1. The Morgan fingerprint density at radius 2 is 1.77 bits per heavy atom. The number of benzene rings is 2. The summed E-state index contributed by atoms with van der Waals surface area (Å²) in [6, 6.07) is 10.9. The van der Waals surface area contributed by atoms with E-state index < -0.39 is 28.4 Å². The molecule has 0 unspecified atom stereocenters. The molecule has 2 aromatic rings. The molecule has 0 aromatic heterocycles. The SMILES string of the molecule is COc1ccc(C2=C(C)C(=O)N(CC(=O)Nc3cc(Cl)ccc3OC)S2(=O)=O)cc1. The van der Waals surface area contributed by atoms with Gasteiger partial charge < -0.3 is 14.8 Å². The summed E-state index contributed by atoms with van der Waals surface area (Å²) in [6.07, 6.45) is 0. The fraction of sp³-hybridized carbons (Fsp3) is 0.200. The van der Waals surface area contributed by atoms with Crippen molar-refractivity contribution in [2.75, 3.05) is 26.1 Å². The van der Waals surface area contributed by atoms with Crippen molar-refractivity contribution in [1.29, 1.82) is 0 Å². The van der Waals surface area contributed by atoms with E-state index in [0.717, 1.165) is 0 Å². The van der Waals surface area contributed by atoms with E-state index in [0.29, 0.717) is 26.4 Å². The average Bonchev–Trinajstić information content (AvgIpc) is 2.87. The average molecular weight is 451 g/mol. The second-order valence-electron chi connectivity index (χ2n) is 6.39. The number of nitrogens with one attached hydrogen (secondary N) is 1. The normalized spacial score (nSPS) is 15.3. The maximum Gasteiger partial charge on any atom is 0.268 e. The maximum absolute atomic E-state index is 13.0. The topological polar surface area (TPSA) is 102 Å². The molecule has 1 aliphatic rings. The van der Waals surface area contributed by atoms with E-state index in [-0.39, 0.29) is 16.2 Å². The van der Waals surface area contributed by atoms with Crippen molar-refractivity contribution in [2.45, 2.75) is 6.92 Å². The van der Waals surface area contributed by atoms with E-state index in [1.54, 1.807) is 36.4 Å². The highest BCUT2D eigenvalue weighted by molar-refractivity contribution is 7.99. The number of hydrogen-bond donors (Lipinski definition) is 1. The third-order valence-corrected chi connectivity index (χ3v) is 6.68. The highest BCUT2D eigenvalue weighted by Crippen LogP contribution is 2.36. The summed E-state index contributed by atoms with van der Waals surface area (Å²) >= 11 is 5.94. The summed E-state index contributed by atoms with van der Waals surface area (Å²) in [6.45, 7) is 0.727. The van der Waals surface area contributed by atoms with Gasteiger partial charge in [-0.3, -0.25) is 9.59 Å². The molecule has 0 aliphatic carbocycles. The van der Waals surface area contributed by atoms with Gasteiger partial charge in [0.1, 0.15) is 22.9 Å². The molecule has 1 aliphatic heterocycles. The standard InChI is InChI=1S/C20H19ClN2O6S/c1-12-19(13-4-7-15(28-2)8-5-13)30(26,27)23(20(12)25)11-18(24)22-16-10-14(21)6-9-17(16)29-3/h4-10H,11H2,1-3H3,(H,22,24). The van der Waals surface area contributed by atoms with Gasteiger partial charge in [-0.25, -0.2) is 12.7 Å². The Kier molecular flexibility index (Phi) is 6.04. The molecule has 2 amide bonds. The number of nitrogens with zero attached hydrogens (tertiary/aromatic N) is 1. The Bertz CT molecular complexity index is 1140. The van der Waals surface area contributed by atoms with Gasteiger partial charge in [-0.15, -0.1) is 0 Å². The smallest absolute Gasteiger partial charge is 0.268 e. The molecular formula is C20H19ClN2O6S. The monoisotopic (exact) mass is 450 g/mol. The Morgan fingerprint density at radius 3 is 2.37 bits per heavy atom. The Labute approximate surface area is 179 Å². The second-order valence-corrected chi connectivity index (χ2v) is 8.63. The van der Waals surface area contributed by atoms with Gasteiger partial charge in [-0.1, -0.05) is 11.6 Å². The van der Waals surface area contributed by atoms with Crippen molar-refractivity contribution in [3.63, 3.8) is 0 Å². The quantitative estimate of drug-likeness (QED) is 0.726. The maximum atomic E-state index is 13.0. The fourth-order valence-corrected chi connectivity index (χ4v) is 5.00. The molecule has 8 nitrogen and oxygen atoms in total. The molecule has 0 spiro atoms. The largest absolute Gasteiger partial charge is 0.497 e. The molecule has 0 radical (unpaired) electrons. The van der Waals surface area contributed by atoms with Gasteiger partial charge in [0.15, 0.2) is 0 Å². The number of anilines is 1. The highest BCUT2D eigenvalue weighted by atomic mass is 35.5. The van der Waals surface area contributed by atoms with Crippen molar-refractivity contribution in [1.82, 2.24) is 4.31 Å². The molecule has 30 heavy (non-hydrogen) atoms. The summed E-state index contributed by atoms with van der Waals surface area (Å²) in [5.41, 5.74) is 0.633. The zero-order chi connectivity index (χ0) is 22.1. The van der Waals surface area contributed by atoms with Gasteiger partial charge in [-0.2, -0.15) is 0 Å². The van der Waals surface area contributed by atoms with Crippen LogP contribution in [0.25, 0.3) is 4.91 Å². The van der Waals surface area contributed by atoms with Crippen molar-refractivity contribution in [2.24, 2.45) is 0 Å². The summed E-state index contributed by atoms with van der Waals surface area (Å²) in [5, 5.41) is 2.89. The van der Waals surface area contributed by atoms with E-state index in [1.165, 1.54) is 27.2 Å². The van der Waals surface area contributed by atoms with Gasteiger partial charge in [0.05, 0.1) is 19.9 Å². The van der Waals surface area contributed by atoms with E-state index in [2.05, 4.69) is 5.32 Å². The Hall–Kier alpha value is -3.04. The van der Waals surface area contributed by atoms with Gasteiger partial charge in [0.2, 0.25) is 5.91 Å². The van der Waals surface area contributed by atoms with Crippen LogP contribution in [0.3, 0.4) is 0 Å². The number of ether oxygens (including phenoxy) is 2. The van der Waals surface area contributed by atoms with Crippen molar-refractivity contribution >= 4 is 44.0 Å². The van der Waals surface area contributed by atoms with Crippen molar-refractivity contribution in [3.05, 3.63) is 58.6 Å². The molecule has 0 saturated heterocycles. The first kappa shape index (κ1) is 21.7. The predicted octanol–water partition coefficient (Wildman–Crippen LogP) is 2.90. The number of methoxy groups -OCH3 is 2. The number of carbonyl (C=O) groups is 2. The van der Waals surface area contributed by atoms with Crippen LogP contribution < -0.4 is 14.8 Å². The Balaban J connectivity index is 1.85. The molecule has 0 atom stereocenters. The molecule has 0 saturated carbocycles. The molecule has 158 valence electrons. The van der Waals surface area contributed by atoms with E-state index >= 15 is 0 Å². The van der Waals surface area contributed by atoms with Crippen LogP contribution in [0.4, 0.5) is 5.69 Å².